The quantitative estimate of drug-likeness (QED) is 0.322. The molecule has 1 unspecified atom stereocenters. The molecule has 7 heteroatoms. The molecular formula is C26H31NO6. The van der Waals surface area contributed by atoms with Gasteiger partial charge < -0.3 is 24.6 Å². The van der Waals surface area contributed by atoms with Crippen LogP contribution in [0.5, 0.6) is 17.2 Å². The summed E-state index contributed by atoms with van der Waals surface area (Å²) in [5.41, 5.74) is 0.962. The summed E-state index contributed by atoms with van der Waals surface area (Å²) in [7, 11) is 0. The van der Waals surface area contributed by atoms with Crippen LogP contribution in [0, 0.1) is 0 Å². The zero-order chi connectivity index (χ0) is 24.1. The fourth-order valence-corrected chi connectivity index (χ4v) is 3.90. The first-order valence-corrected chi connectivity index (χ1v) is 11.3. The number of amides is 1. The average molecular weight is 454 g/mol. The highest BCUT2D eigenvalue weighted by molar-refractivity contribution is 6.46. The summed E-state index contributed by atoms with van der Waals surface area (Å²) in [5, 5.41) is 21.3. The van der Waals surface area contributed by atoms with Gasteiger partial charge in [-0.3, -0.25) is 9.59 Å². The summed E-state index contributed by atoms with van der Waals surface area (Å²) < 4.78 is 11.2. The lowest BCUT2D eigenvalue weighted by Crippen LogP contribution is -2.30. The number of aliphatic hydroxyl groups excluding tert-OH is 1. The summed E-state index contributed by atoms with van der Waals surface area (Å²) in [6.45, 7) is 8.30. The largest absolute Gasteiger partial charge is 0.507 e. The Balaban J connectivity index is 2.16. The lowest BCUT2D eigenvalue weighted by molar-refractivity contribution is -0.139. The second kappa shape index (κ2) is 10.4. The molecule has 33 heavy (non-hydrogen) atoms. The van der Waals surface area contributed by atoms with Crippen LogP contribution < -0.4 is 9.47 Å². The molecule has 0 aromatic heterocycles. The molecule has 7 nitrogen and oxygen atoms in total. The van der Waals surface area contributed by atoms with Crippen LogP contribution in [0.15, 0.2) is 48.0 Å². The van der Waals surface area contributed by atoms with Crippen molar-refractivity contribution in [2.24, 2.45) is 0 Å². The molecule has 0 aliphatic carbocycles. The monoisotopic (exact) mass is 453 g/mol. The van der Waals surface area contributed by atoms with Gasteiger partial charge in [-0.05, 0) is 57.0 Å². The van der Waals surface area contributed by atoms with Gasteiger partial charge in [0.15, 0.2) is 11.5 Å². The maximum absolute atomic E-state index is 13.1. The van der Waals surface area contributed by atoms with Crippen LogP contribution in [-0.4, -0.2) is 46.1 Å². The fourth-order valence-electron chi connectivity index (χ4n) is 3.90. The van der Waals surface area contributed by atoms with Gasteiger partial charge in [0.1, 0.15) is 11.5 Å². The predicted octanol–water partition coefficient (Wildman–Crippen LogP) is 4.80. The molecule has 0 bridgehead atoms. The van der Waals surface area contributed by atoms with Crippen molar-refractivity contribution in [2.75, 3.05) is 13.2 Å². The van der Waals surface area contributed by atoms with E-state index < -0.39 is 17.7 Å². The number of phenols is 1. The Morgan fingerprint density at radius 3 is 2.55 bits per heavy atom. The number of carbonyl (C=O) groups is 2. The highest BCUT2D eigenvalue weighted by Gasteiger charge is 2.46. The number of ketones is 1. The van der Waals surface area contributed by atoms with Crippen LogP contribution in [0.3, 0.4) is 0 Å². The topological polar surface area (TPSA) is 96.3 Å². The van der Waals surface area contributed by atoms with Crippen LogP contribution in [0.4, 0.5) is 0 Å². The fraction of sp³-hybridized carbons (Fsp3) is 0.385. The van der Waals surface area contributed by atoms with Crippen LogP contribution in [-0.2, 0) is 9.59 Å². The molecule has 0 spiro atoms. The molecule has 1 atom stereocenters. The second-order valence-corrected chi connectivity index (χ2v) is 8.20. The van der Waals surface area contributed by atoms with Gasteiger partial charge in [-0.15, -0.1) is 0 Å². The first-order chi connectivity index (χ1) is 15.8. The van der Waals surface area contributed by atoms with E-state index in [-0.39, 0.29) is 28.9 Å². The van der Waals surface area contributed by atoms with Crippen molar-refractivity contribution >= 4 is 17.4 Å². The smallest absolute Gasteiger partial charge is 0.295 e. The first-order valence-electron chi connectivity index (χ1n) is 11.3. The van der Waals surface area contributed by atoms with Gasteiger partial charge >= 0.3 is 0 Å². The SMILES string of the molecule is CCCCN1C(=O)C(=O)/C(=C(\O)c2cccc(OC(C)C)c2)C1c1ccc(O)c(OCC)c1. The van der Waals surface area contributed by atoms with Gasteiger partial charge in [0.25, 0.3) is 11.7 Å². The molecule has 2 N–H and O–H groups in total. The van der Waals surface area contributed by atoms with E-state index in [4.69, 9.17) is 9.47 Å². The third-order valence-corrected chi connectivity index (χ3v) is 5.37. The third-order valence-electron chi connectivity index (χ3n) is 5.37. The molecule has 1 aliphatic rings. The molecule has 2 aromatic rings. The van der Waals surface area contributed by atoms with E-state index in [0.29, 0.717) is 36.4 Å². The molecule has 1 fully saturated rings. The van der Waals surface area contributed by atoms with Crippen molar-refractivity contribution in [1.29, 1.82) is 0 Å². The van der Waals surface area contributed by atoms with E-state index in [1.165, 1.54) is 11.0 Å². The first kappa shape index (κ1) is 24.2. The molecule has 176 valence electrons. The molecule has 0 saturated carbocycles. The molecular weight excluding hydrogens is 422 g/mol. The van der Waals surface area contributed by atoms with Gasteiger partial charge in [0, 0.05) is 12.1 Å². The van der Waals surface area contributed by atoms with Crippen LogP contribution in [0.1, 0.15) is 57.7 Å². The summed E-state index contributed by atoms with van der Waals surface area (Å²) in [5.74, 6) is -0.898. The minimum Gasteiger partial charge on any atom is -0.507 e. The molecule has 1 aliphatic heterocycles. The van der Waals surface area contributed by atoms with E-state index in [0.717, 1.165) is 6.42 Å². The highest BCUT2D eigenvalue weighted by Crippen LogP contribution is 2.42. The summed E-state index contributed by atoms with van der Waals surface area (Å²) in [6, 6.07) is 10.7. The van der Waals surface area contributed by atoms with Crippen LogP contribution >= 0.6 is 0 Å². The highest BCUT2D eigenvalue weighted by atomic mass is 16.5. The molecule has 3 rings (SSSR count). The van der Waals surface area contributed by atoms with Crippen molar-refractivity contribution in [3.63, 3.8) is 0 Å². The number of phenolic OH excluding ortho intramolecular Hbond substituents is 1. The number of hydrogen-bond acceptors (Lipinski definition) is 6. The van der Waals surface area contributed by atoms with Crippen LogP contribution in [0.25, 0.3) is 5.76 Å². The molecule has 1 amide bonds. The Hall–Kier alpha value is -3.48. The van der Waals surface area contributed by atoms with Gasteiger partial charge in [0.2, 0.25) is 0 Å². The molecule has 2 aromatic carbocycles. The predicted molar refractivity (Wildman–Crippen MR) is 125 cm³/mol. The summed E-state index contributed by atoms with van der Waals surface area (Å²) >= 11 is 0. The Bertz CT molecular complexity index is 1060. The Kier molecular flexibility index (Phi) is 7.63. The maximum atomic E-state index is 13.1. The Morgan fingerprint density at radius 1 is 1.12 bits per heavy atom. The van der Waals surface area contributed by atoms with Crippen molar-refractivity contribution in [3.8, 4) is 17.2 Å². The number of rotatable bonds is 9. The molecule has 1 heterocycles. The van der Waals surface area contributed by atoms with E-state index in [2.05, 4.69) is 0 Å². The number of unbranched alkanes of at least 4 members (excludes halogenated alkanes) is 1. The second-order valence-electron chi connectivity index (χ2n) is 8.20. The summed E-state index contributed by atoms with van der Waals surface area (Å²) in [4.78, 5) is 27.5. The standard InChI is InChI=1S/C26H31NO6/c1-5-7-13-27-23(17-11-12-20(28)21(15-17)32-6-2)22(25(30)26(27)31)24(29)18-9-8-10-19(14-18)33-16(3)4/h8-12,14-16,23,28-29H,5-7,13H2,1-4H3/b24-22-. The van der Waals surface area contributed by atoms with Crippen molar-refractivity contribution in [1.82, 2.24) is 4.90 Å². The van der Waals surface area contributed by atoms with Gasteiger partial charge in [-0.2, -0.15) is 0 Å². The molecule has 1 saturated heterocycles. The van der Waals surface area contributed by atoms with Crippen molar-refractivity contribution < 1.29 is 29.3 Å². The Labute approximate surface area is 194 Å². The zero-order valence-electron chi connectivity index (χ0n) is 19.5. The normalized spacial score (nSPS) is 17.6. The minimum atomic E-state index is -0.800. The zero-order valence-corrected chi connectivity index (χ0v) is 19.5. The number of likely N-dealkylation sites (tertiary alicyclic amines) is 1. The number of aliphatic hydroxyl groups is 1. The molecule has 0 radical (unpaired) electrons. The van der Waals surface area contributed by atoms with Crippen LogP contribution in [0.2, 0.25) is 0 Å². The minimum absolute atomic E-state index is 0.00550. The maximum Gasteiger partial charge on any atom is 0.295 e. The van der Waals surface area contributed by atoms with E-state index in [1.807, 2.05) is 20.8 Å². The van der Waals surface area contributed by atoms with E-state index >= 15 is 0 Å². The van der Waals surface area contributed by atoms with E-state index in [1.54, 1.807) is 43.3 Å². The lowest BCUT2D eigenvalue weighted by atomic mass is 9.95. The van der Waals surface area contributed by atoms with Gasteiger partial charge in [0.05, 0.1) is 24.3 Å². The van der Waals surface area contributed by atoms with Gasteiger partial charge in [-0.1, -0.05) is 31.5 Å². The number of aromatic hydroxyl groups is 1. The number of Topliss-reactive ketones (excluding diaryl/α,β-unsaturated/α-hetero) is 1. The number of benzene rings is 2. The average Bonchev–Trinajstić information content (AvgIpc) is 3.03. The van der Waals surface area contributed by atoms with E-state index in [9.17, 15) is 19.8 Å². The van der Waals surface area contributed by atoms with Crippen molar-refractivity contribution in [3.05, 3.63) is 59.2 Å². The third kappa shape index (κ3) is 5.13. The lowest BCUT2D eigenvalue weighted by Gasteiger charge is -2.25. The Morgan fingerprint density at radius 2 is 1.88 bits per heavy atom. The summed E-state index contributed by atoms with van der Waals surface area (Å²) in [6.07, 6.45) is 1.48. The van der Waals surface area contributed by atoms with Gasteiger partial charge in [-0.25, -0.2) is 0 Å². The number of nitrogens with zero attached hydrogens (tertiary/aromatic N) is 1. The number of hydrogen-bond donors (Lipinski definition) is 2. The number of carbonyl (C=O) groups excluding carboxylic acids is 2. The number of ether oxygens (including phenoxy) is 2. The van der Waals surface area contributed by atoms with Crippen molar-refractivity contribution in [2.45, 2.75) is 52.7 Å².